The van der Waals surface area contributed by atoms with Crippen LogP contribution < -0.4 is 4.74 Å². The van der Waals surface area contributed by atoms with Crippen LogP contribution in [0.1, 0.15) is 15.9 Å². The molecule has 1 aromatic heterocycles. The number of hydrogen-bond acceptors (Lipinski definition) is 2. The molecule has 2 N–H and O–H groups in total. The second kappa shape index (κ2) is 5.28. The smallest absolute Gasteiger partial charge is 0.337 e. The maximum atomic E-state index is 13.1. The summed E-state index contributed by atoms with van der Waals surface area (Å²) in [5.74, 6) is -0.918. The van der Waals surface area contributed by atoms with Crippen molar-refractivity contribution < 1.29 is 19.0 Å². The molecule has 0 amide bonds. The minimum Gasteiger partial charge on any atom is -0.489 e. The van der Waals surface area contributed by atoms with Crippen molar-refractivity contribution in [2.75, 3.05) is 0 Å². The Kier molecular flexibility index (Phi) is 3.31. The first-order chi connectivity index (χ1) is 10.1. The highest BCUT2D eigenvalue weighted by Gasteiger charge is 2.12. The number of carboxylic acid groups (broad SMARTS) is 1. The molecule has 0 aliphatic rings. The van der Waals surface area contributed by atoms with E-state index >= 15 is 0 Å². The van der Waals surface area contributed by atoms with Gasteiger partial charge in [-0.05, 0) is 18.2 Å². The van der Waals surface area contributed by atoms with Gasteiger partial charge in [-0.3, -0.25) is 0 Å². The second-order valence-electron chi connectivity index (χ2n) is 4.59. The van der Waals surface area contributed by atoms with Gasteiger partial charge in [-0.15, -0.1) is 0 Å². The first-order valence-corrected chi connectivity index (χ1v) is 6.36. The average Bonchev–Trinajstić information content (AvgIpc) is 2.88. The Morgan fingerprint density at radius 1 is 1.24 bits per heavy atom. The van der Waals surface area contributed by atoms with Crippen molar-refractivity contribution in [1.29, 1.82) is 0 Å². The van der Waals surface area contributed by atoms with Gasteiger partial charge in [0.05, 0.1) is 11.1 Å². The Labute approximate surface area is 119 Å². The first-order valence-electron chi connectivity index (χ1n) is 6.36. The van der Waals surface area contributed by atoms with Crippen molar-refractivity contribution in [1.82, 2.24) is 4.98 Å². The number of aromatic nitrogens is 1. The highest BCUT2D eigenvalue weighted by Crippen LogP contribution is 2.23. The van der Waals surface area contributed by atoms with Crippen LogP contribution in [0, 0.1) is 5.82 Å². The number of fused-ring (bicyclic) bond motifs is 1. The van der Waals surface area contributed by atoms with E-state index in [4.69, 9.17) is 9.84 Å². The van der Waals surface area contributed by atoms with Crippen molar-refractivity contribution in [3.05, 3.63) is 65.6 Å². The molecule has 0 fully saturated rings. The minimum absolute atomic E-state index is 0.213. The Morgan fingerprint density at radius 3 is 2.81 bits per heavy atom. The van der Waals surface area contributed by atoms with Crippen molar-refractivity contribution in [2.45, 2.75) is 6.61 Å². The van der Waals surface area contributed by atoms with Crippen molar-refractivity contribution >= 4 is 16.9 Å². The normalized spacial score (nSPS) is 10.7. The van der Waals surface area contributed by atoms with E-state index in [0.29, 0.717) is 11.3 Å². The number of halogens is 1. The molecule has 21 heavy (non-hydrogen) atoms. The third-order valence-corrected chi connectivity index (χ3v) is 3.22. The number of hydrogen-bond donors (Lipinski definition) is 2. The molecule has 0 unspecified atom stereocenters. The summed E-state index contributed by atoms with van der Waals surface area (Å²) in [4.78, 5) is 14.1. The summed E-state index contributed by atoms with van der Waals surface area (Å²) in [5.41, 5.74) is 1.59. The van der Waals surface area contributed by atoms with E-state index in [1.165, 1.54) is 12.1 Å². The molecular formula is C16H12FNO3. The molecule has 4 nitrogen and oxygen atoms in total. The zero-order valence-electron chi connectivity index (χ0n) is 11.0. The van der Waals surface area contributed by atoms with Crippen LogP contribution in [0.25, 0.3) is 10.9 Å². The number of rotatable bonds is 4. The van der Waals surface area contributed by atoms with E-state index in [1.54, 1.807) is 30.5 Å². The second-order valence-corrected chi connectivity index (χ2v) is 4.59. The van der Waals surface area contributed by atoms with E-state index in [-0.39, 0.29) is 18.0 Å². The summed E-state index contributed by atoms with van der Waals surface area (Å²) < 4.78 is 18.6. The van der Waals surface area contributed by atoms with Crippen molar-refractivity contribution in [3.63, 3.8) is 0 Å². The standard InChI is InChI=1S/C16H12FNO3/c17-11-3-1-4-12(7-11)21-9-10-8-18-15-13(10)5-2-6-14(15)16(19)20/h1-8,18H,9H2,(H,19,20). The highest BCUT2D eigenvalue weighted by molar-refractivity contribution is 6.02. The molecule has 106 valence electrons. The van der Waals surface area contributed by atoms with E-state index in [0.717, 1.165) is 10.9 Å². The number of para-hydroxylation sites is 1. The van der Waals surface area contributed by atoms with Crippen LogP contribution in [-0.2, 0) is 6.61 Å². The fourth-order valence-electron chi connectivity index (χ4n) is 2.23. The Hall–Kier alpha value is -2.82. The Morgan fingerprint density at radius 2 is 2.05 bits per heavy atom. The molecule has 0 saturated carbocycles. The molecule has 0 bridgehead atoms. The number of ether oxygens (including phenoxy) is 1. The number of aromatic amines is 1. The molecule has 0 saturated heterocycles. The van der Waals surface area contributed by atoms with Crippen LogP contribution in [0.3, 0.4) is 0 Å². The highest BCUT2D eigenvalue weighted by atomic mass is 19.1. The summed E-state index contributed by atoms with van der Waals surface area (Å²) in [6.45, 7) is 0.229. The maximum absolute atomic E-state index is 13.1. The first kappa shape index (κ1) is 13.2. The van der Waals surface area contributed by atoms with Crippen LogP contribution in [0.4, 0.5) is 4.39 Å². The predicted molar refractivity (Wildman–Crippen MR) is 76.0 cm³/mol. The van der Waals surface area contributed by atoms with Gasteiger partial charge in [0.2, 0.25) is 0 Å². The number of carbonyl (C=O) groups is 1. The van der Waals surface area contributed by atoms with Crippen molar-refractivity contribution in [3.8, 4) is 5.75 Å². The quantitative estimate of drug-likeness (QED) is 0.770. The zero-order chi connectivity index (χ0) is 14.8. The van der Waals surface area contributed by atoms with Crippen LogP contribution in [-0.4, -0.2) is 16.1 Å². The molecule has 1 heterocycles. The maximum Gasteiger partial charge on any atom is 0.337 e. The summed E-state index contributed by atoms with van der Waals surface area (Å²) in [6.07, 6.45) is 1.70. The number of benzene rings is 2. The van der Waals surface area contributed by atoms with Gasteiger partial charge in [0.15, 0.2) is 0 Å². The molecule has 3 aromatic rings. The predicted octanol–water partition coefficient (Wildman–Crippen LogP) is 3.58. The van der Waals surface area contributed by atoms with Crippen LogP contribution in [0.5, 0.6) is 5.75 Å². The minimum atomic E-state index is -0.986. The zero-order valence-corrected chi connectivity index (χ0v) is 11.0. The van der Waals surface area contributed by atoms with Gasteiger partial charge >= 0.3 is 5.97 Å². The lowest BCUT2D eigenvalue weighted by atomic mass is 10.1. The SMILES string of the molecule is O=C(O)c1cccc2c(COc3cccc(F)c3)c[nH]c12. The molecule has 0 aliphatic carbocycles. The van der Waals surface area contributed by atoms with E-state index in [2.05, 4.69) is 4.98 Å². The summed E-state index contributed by atoms with van der Waals surface area (Å²) in [5, 5.41) is 9.92. The lowest BCUT2D eigenvalue weighted by Gasteiger charge is -2.05. The lowest BCUT2D eigenvalue weighted by molar-refractivity contribution is 0.0699. The average molecular weight is 285 g/mol. The number of carboxylic acids is 1. The largest absolute Gasteiger partial charge is 0.489 e. The number of H-pyrrole nitrogens is 1. The topological polar surface area (TPSA) is 62.3 Å². The van der Waals surface area contributed by atoms with Crippen molar-refractivity contribution in [2.24, 2.45) is 0 Å². The van der Waals surface area contributed by atoms with E-state index < -0.39 is 5.97 Å². The molecule has 0 spiro atoms. The Balaban J connectivity index is 1.88. The summed E-state index contributed by atoms with van der Waals surface area (Å²) >= 11 is 0. The molecular weight excluding hydrogens is 273 g/mol. The van der Waals surface area contributed by atoms with E-state index in [9.17, 15) is 9.18 Å². The lowest BCUT2D eigenvalue weighted by Crippen LogP contribution is -1.97. The monoisotopic (exact) mass is 285 g/mol. The molecule has 0 aliphatic heterocycles. The fourth-order valence-corrected chi connectivity index (χ4v) is 2.23. The molecule has 0 atom stereocenters. The molecule has 0 radical (unpaired) electrons. The summed E-state index contributed by atoms with van der Waals surface area (Å²) in [7, 11) is 0. The van der Waals surface area contributed by atoms with Gasteiger partial charge < -0.3 is 14.8 Å². The third kappa shape index (κ3) is 2.58. The van der Waals surface area contributed by atoms with Crippen LogP contribution in [0.2, 0.25) is 0 Å². The number of aromatic carboxylic acids is 1. The van der Waals surface area contributed by atoms with Crippen LogP contribution >= 0.6 is 0 Å². The fraction of sp³-hybridized carbons (Fsp3) is 0.0625. The van der Waals surface area contributed by atoms with Gasteiger partial charge in [0.1, 0.15) is 18.2 Å². The third-order valence-electron chi connectivity index (χ3n) is 3.22. The van der Waals surface area contributed by atoms with Gasteiger partial charge in [0.25, 0.3) is 0 Å². The molecule has 5 heteroatoms. The number of nitrogens with one attached hydrogen (secondary N) is 1. The summed E-state index contributed by atoms with van der Waals surface area (Å²) in [6, 6.07) is 10.9. The van der Waals surface area contributed by atoms with Gasteiger partial charge in [-0.1, -0.05) is 18.2 Å². The van der Waals surface area contributed by atoms with Gasteiger partial charge in [0, 0.05) is 23.2 Å². The van der Waals surface area contributed by atoms with Gasteiger partial charge in [-0.2, -0.15) is 0 Å². The molecule has 3 rings (SSSR count). The molecule has 2 aromatic carbocycles. The van der Waals surface area contributed by atoms with E-state index in [1.807, 2.05) is 6.07 Å². The van der Waals surface area contributed by atoms with Crippen LogP contribution in [0.15, 0.2) is 48.7 Å². The Bertz CT molecular complexity index is 810. The van der Waals surface area contributed by atoms with Gasteiger partial charge in [-0.25, -0.2) is 9.18 Å².